The summed E-state index contributed by atoms with van der Waals surface area (Å²) in [4.78, 5) is 10.8. The number of hydrogen-bond acceptors (Lipinski definition) is 4. The Morgan fingerprint density at radius 2 is 1.41 bits per heavy atom. The van der Waals surface area contributed by atoms with Crippen LogP contribution in [-0.4, -0.2) is 24.1 Å². The molecule has 1 aromatic heterocycles. The molecule has 0 unspecified atom stereocenters. The summed E-state index contributed by atoms with van der Waals surface area (Å²) in [7, 11) is 3.11. The fourth-order valence-corrected chi connectivity index (χ4v) is 2.54. The SMILES string of the molecule is CN(c1ccc(F)cc1)c1ncc(C(F)(F)F)c(N(C)c2ccccc2)n1. The first kappa shape index (κ1) is 18.6. The van der Waals surface area contributed by atoms with E-state index in [4.69, 9.17) is 0 Å². The lowest BCUT2D eigenvalue weighted by molar-refractivity contribution is -0.137. The maximum absolute atomic E-state index is 13.5. The van der Waals surface area contributed by atoms with Gasteiger partial charge in [-0.15, -0.1) is 0 Å². The lowest BCUT2D eigenvalue weighted by Crippen LogP contribution is -2.21. The molecule has 0 aliphatic rings. The Balaban J connectivity index is 2.06. The topological polar surface area (TPSA) is 32.3 Å². The Morgan fingerprint density at radius 3 is 2.00 bits per heavy atom. The lowest BCUT2D eigenvalue weighted by Gasteiger charge is -2.24. The van der Waals surface area contributed by atoms with Gasteiger partial charge in [0.05, 0.1) is 0 Å². The summed E-state index contributed by atoms with van der Waals surface area (Å²) >= 11 is 0. The standard InChI is InChI=1S/C19H16F4N4/c1-26(14-6-4-3-5-7-14)17-16(19(21,22)23)12-24-18(25-17)27(2)15-10-8-13(20)9-11-15/h3-12H,1-2H3. The summed E-state index contributed by atoms with van der Waals surface area (Å²) in [6.45, 7) is 0. The van der Waals surface area contributed by atoms with Crippen molar-refractivity contribution in [3.63, 3.8) is 0 Å². The van der Waals surface area contributed by atoms with Crippen LogP contribution in [0.2, 0.25) is 0 Å². The molecule has 0 atom stereocenters. The van der Waals surface area contributed by atoms with E-state index in [1.807, 2.05) is 0 Å². The fraction of sp³-hybridized carbons (Fsp3) is 0.158. The number of rotatable bonds is 4. The molecular formula is C19H16F4N4. The van der Waals surface area contributed by atoms with E-state index in [0.717, 1.165) is 6.20 Å². The molecule has 140 valence electrons. The van der Waals surface area contributed by atoms with E-state index in [1.54, 1.807) is 37.4 Å². The summed E-state index contributed by atoms with van der Waals surface area (Å²) in [6, 6.07) is 14.1. The minimum Gasteiger partial charge on any atom is -0.329 e. The predicted molar refractivity (Wildman–Crippen MR) is 96.0 cm³/mol. The van der Waals surface area contributed by atoms with Crippen molar-refractivity contribution in [2.45, 2.75) is 6.18 Å². The molecule has 0 fully saturated rings. The molecule has 3 aromatic rings. The molecule has 8 heteroatoms. The Hall–Kier alpha value is -3.16. The maximum atomic E-state index is 13.5. The van der Waals surface area contributed by atoms with Gasteiger partial charge < -0.3 is 9.80 Å². The van der Waals surface area contributed by atoms with Gasteiger partial charge in [0.1, 0.15) is 11.4 Å². The highest BCUT2D eigenvalue weighted by Crippen LogP contribution is 2.38. The Morgan fingerprint density at radius 1 is 0.815 bits per heavy atom. The van der Waals surface area contributed by atoms with Gasteiger partial charge in [-0.05, 0) is 36.4 Å². The van der Waals surface area contributed by atoms with Crippen molar-refractivity contribution in [2.24, 2.45) is 0 Å². The number of nitrogens with zero attached hydrogens (tertiary/aromatic N) is 4. The van der Waals surface area contributed by atoms with Crippen molar-refractivity contribution in [1.82, 2.24) is 9.97 Å². The molecule has 0 bridgehead atoms. The van der Waals surface area contributed by atoms with Crippen LogP contribution in [0.5, 0.6) is 0 Å². The van der Waals surface area contributed by atoms with Crippen molar-refractivity contribution in [2.75, 3.05) is 23.9 Å². The number of anilines is 4. The molecule has 0 N–H and O–H groups in total. The third-order valence-corrected chi connectivity index (χ3v) is 4.04. The van der Waals surface area contributed by atoms with Crippen LogP contribution >= 0.6 is 0 Å². The maximum Gasteiger partial charge on any atom is 0.421 e. The zero-order valence-corrected chi connectivity index (χ0v) is 14.6. The van der Waals surface area contributed by atoms with Crippen LogP contribution in [0.3, 0.4) is 0 Å². The first-order valence-electron chi connectivity index (χ1n) is 7.99. The minimum absolute atomic E-state index is 0.0624. The molecule has 0 saturated carbocycles. The fourth-order valence-electron chi connectivity index (χ4n) is 2.54. The monoisotopic (exact) mass is 376 g/mol. The van der Waals surface area contributed by atoms with Gasteiger partial charge in [-0.25, -0.2) is 9.37 Å². The molecule has 0 spiro atoms. The van der Waals surface area contributed by atoms with E-state index in [1.165, 1.54) is 41.1 Å². The van der Waals surface area contributed by atoms with Gasteiger partial charge in [-0.2, -0.15) is 18.2 Å². The van der Waals surface area contributed by atoms with E-state index >= 15 is 0 Å². The summed E-state index contributed by atoms with van der Waals surface area (Å²) < 4.78 is 53.5. The van der Waals surface area contributed by atoms with Crippen LogP contribution in [0.15, 0.2) is 60.8 Å². The number of benzene rings is 2. The van der Waals surface area contributed by atoms with Gasteiger partial charge in [0.15, 0.2) is 5.82 Å². The minimum atomic E-state index is -4.61. The number of halogens is 4. The van der Waals surface area contributed by atoms with E-state index < -0.39 is 17.6 Å². The highest BCUT2D eigenvalue weighted by Gasteiger charge is 2.36. The Labute approximate surface area is 153 Å². The number of para-hydroxylation sites is 1. The van der Waals surface area contributed by atoms with Gasteiger partial charge in [0.25, 0.3) is 0 Å². The summed E-state index contributed by atoms with van der Waals surface area (Å²) in [5.41, 5.74) is 0.159. The van der Waals surface area contributed by atoms with Crippen molar-refractivity contribution >= 4 is 23.1 Å². The first-order chi connectivity index (χ1) is 12.8. The molecule has 0 saturated heterocycles. The number of hydrogen-bond donors (Lipinski definition) is 0. The van der Waals surface area contributed by atoms with Gasteiger partial charge in [0.2, 0.25) is 5.95 Å². The van der Waals surface area contributed by atoms with Crippen molar-refractivity contribution in [3.05, 3.63) is 72.2 Å². The molecular weight excluding hydrogens is 360 g/mol. The highest BCUT2D eigenvalue weighted by atomic mass is 19.4. The molecule has 0 radical (unpaired) electrons. The summed E-state index contributed by atoms with van der Waals surface area (Å²) in [5, 5.41) is 0. The Kier molecular flexibility index (Phi) is 4.98. The van der Waals surface area contributed by atoms with Crippen molar-refractivity contribution in [1.29, 1.82) is 0 Å². The van der Waals surface area contributed by atoms with E-state index in [2.05, 4.69) is 9.97 Å². The second-order valence-corrected chi connectivity index (χ2v) is 5.84. The lowest BCUT2D eigenvalue weighted by atomic mass is 10.2. The summed E-state index contributed by atoms with van der Waals surface area (Å²) in [6.07, 6.45) is -3.84. The van der Waals surface area contributed by atoms with Crippen molar-refractivity contribution < 1.29 is 17.6 Å². The van der Waals surface area contributed by atoms with Crippen LogP contribution in [0.25, 0.3) is 0 Å². The molecule has 0 aliphatic carbocycles. The summed E-state index contributed by atoms with van der Waals surface area (Å²) in [5.74, 6) is -0.620. The second kappa shape index (κ2) is 7.22. The molecule has 2 aromatic carbocycles. The van der Waals surface area contributed by atoms with Crippen LogP contribution < -0.4 is 9.80 Å². The Bertz CT molecular complexity index is 911. The average Bonchev–Trinajstić information content (AvgIpc) is 2.67. The third-order valence-electron chi connectivity index (χ3n) is 4.04. The molecule has 0 amide bonds. The molecule has 4 nitrogen and oxygen atoms in total. The van der Waals surface area contributed by atoms with Crippen LogP contribution in [0.1, 0.15) is 5.56 Å². The predicted octanol–water partition coefficient (Wildman–Crippen LogP) is 5.17. The molecule has 1 heterocycles. The van der Waals surface area contributed by atoms with Crippen LogP contribution in [-0.2, 0) is 6.18 Å². The quantitative estimate of drug-likeness (QED) is 0.588. The van der Waals surface area contributed by atoms with Crippen LogP contribution in [0.4, 0.5) is 40.7 Å². The number of alkyl halides is 3. The second-order valence-electron chi connectivity index (χ2n) is 5.84. The molecule has 3 rings (SSSR count). The van der Waals surface area contributed by atoms with E-state index in [-0.39, 0.29) is 11.8 Å². The van der Waals surface area contributed by atoms with Crippen molar-refractivity contribution in [3.8, 4) is 0 Å². The van der Waals surface area contributed by atoms with Gasteiger partial charge in [0, 0.05) is 31.7 Å². The molecule has 27 heavy (non-hydrogen) atoms. The van der Waals surface area contributed by atoms with Crippen LogP contribution in [0, 0.1) is 5.82 Å². The van der Waals surface area contributed by atoms with E-state index in [0.29, 0.717) is 11.4 Å². The smallest absolute Gasteiger partial charge is 0.329 e. The van der Waals surface area contributed by atoms with Gasteiger partial charge in [-0.1, -0.05) is 18.2 Å². The third kappa shape index (κ3) is 3.99. The molecule has 0 aliphatic heterocycles. The van der Waals surface area contributed by atoms with Gasteiger partial charge in [-0.3, -0.25) is 0 Å². The normalized spacial score (nSPS) is 11.3. The highest BCUT2D eigenvalue weighted by molar-refractivity contribution is 5.65. The average molecular weight is 376 g/mol. The zero-order valence-electron chi connectivity index (χ0n) is 14.6. The van der Waals surface area contributed by atoms with E-state index in [9.17, 15) is 17.6 Å². The first-order valence-corrected chi connectivity index (χ1v) is 7.99. The number of aromatic nitrogens is 2. The van der Waals surface area contributed by atoms with Gasteiger partial charge >= 0.3 is 6.18 Å². The zero-order chi connectivity index (χ0) is 19.6. The largest absolute Gasteiger partial charge is 0.421 e.